The minimum absolute atomic E-state index is 0.183. The standard InChI is InChI=1S/C13H26N2O/c1-3-5-11-15(4-2)12(16)13(14)9-7-6-8-10-13/h3-11,14H2,1-2H3. The molecule has 0 radical (unpaired) electrons. The zero-order valence-electron chi connectivity index (χ0n) is 10.8. The third-order valence-electron chi connectivity index (χ3n) is 3.62. The summed E-state index contributed by atoms with van der Waals surface area (Å²) in [7, 11) is 0. The second-order valence-electron chi connectivity index (χ2n) is 4.96. The molecule has 2 N–H and O–H groups in total. The van der Waals surface area contributed by atoms with Crippen LogP contribution in [0.5, 0.6) is 0 Å². The molecule has 0 unspecified atom stereocenters. The number of hydrogen-bond acceptors (Lipinski definition) is 2. The van der Waals surface area contributed by atoms with Gasteiger partial charge in [0, 0.05) is 13.1 Å². The molecule has 16 heavy (non-hydrogen) atoms. The molecule has 1 aliphatic carbocycles. The van der Waals surface area contributed by atoms with Crippen molar-refractivity contribution in [2.24, 2.45) is 5.73 Å². The van der Waals surface area contributed by atoms with Crippen molar-refractivity contribution in [1.29, 1.82) is 0 Å². The van der Waals surface area contributed by atoms with Gasteiger partial charge in [-0.05, 0) is 26.2 Å². The molecular weight excluding hydrogens is 200 g/mol. The molecule has 0 aromatic heterocycles. The summed E-state index contributed by atoms with van der Waals surface area (Å²) in [5.74, 6) is 0.183. The van der Waals surface area contributed by atoms with Gasteiger partial charge < -0.3 is 10.6 Å². The fraction of sp³-hybridized carbons (Fsp3) is 0.923. The van der Waals surface area contributed by atoms with Crippen molar-refractivity contribution in [3.8, 4) is 0 Å². The molecule has 0 saturated heterocycles. The zero-order valence-corrected chi connectivity index (χ0v) is 10.8. The molecule has 0 aliphatic heterocycles. The molecule has 1 amide bonds. The van der Waals surface area contributed by atoms with Gasteiger partial charge in [-0.3, -0.25) is 4.79 Å². The molecule has 3 heteroatoms. The lowest BCUT2D eigenvalue weighted by atomic mass is 9.81. The van der Waals surface area contributed by atoms with Gasteiger partial charge in [0.05, 0.1) is 5.54 Å². The Morgan fingerprint density at radius 2 is 1.88 bits per heavy atom. The number of carbonyl (C=O) groups is 1. The third-order valence-corrected chi connectivity index (χ3v) is 3.62. The van der Waals surface area contributed by atoms with Gasteiger partial charge in [-0.1, -0.05) is 32.6 Å². The van der Waals surface area contributed by atoms with Crippen molar-refractivity contribution in [2.75, 3.05) is 13.1 Å². The summed E-state index contributed by atoms with van der Waals surface area (Å²) in [6.45, 7) is 5.85. The van der Waals surface area contributed by atoms with Gasteiger partial charge >= 0.3 is 0 Å². The van der Waals surface area contributed by atoms with Crippen LogP contribution in [0.1, 0.15) is 58.8 Å². The molecule has 1 aliphatic rings. The summed E-state index contributed by atoms with van der Waals surface area (Å²) in [5, 5.41) is 0. The maximum Gasteiger partial charge on any atom is 0.242 e. The molecule has 1 rings (SSSR count). The van der Waals surface area contributed by atoms with E-state index in [1.54, 1.807) is 0 Å². The van der Waals surface area contributed by atoms with Crippen LogP contribution in [0.25, 0.3) is 0 Å². The van der Waals surface area contributed by atoms with E-state index in [1.165, 1.54) is 6.42 Å². The molecule has 0 bridgehead atoms. The highest BCUT2D eigenvalue weighted by atomic mass is 16.2. The van der Waals surface area contributed by atoms with E-state index in [-0.39, 0.29) is 5.91 Å². The Morgan fingerprint density at radius 1 is 1.25 bits per heavy atom. The minimum atomic E-state index is -0.554. The molecule has 0 aromatic rings. The number of nitrogens with zero attached hydrogens (tertiary/aromatic N) is 1. The smallest absolute Gasteiger partial charge is 0.242 e. The Morgan fingerprint density at radius 3 is 2.38 bits per heavy atom. The van der Waals surface area contributed by atoms with Crippen molar-refractivity contribution < 1.29 is 4.79 Å². The lowest BCUT2D eigenvalue weighted by Gasteiger charge is -2.36. The number of amides is 1. The number of rotatable bonds is 5. The zero-order chi connectivity index (χ0) is 12.0. The third kappa shape index (κ3) is 3.21. The highest BCUT2D eigenvalue weighted by Crippen LogP contribution is 2.27. The summed E-state index contributed by atoms with van der Waals surface area (Å²) in [4.78, 5) is 14.3. The van der Waals surface area contributed by atoms with Crippen LogP contribution in [0.4, 0.5) is 0 Å². The lowest BCUT2D eigenvalue weighted by Crippen LogP contribution is -2.56. The van der Waals surface area contributed by atoms with E-state index in [2.05, 4.69) is 6.92 Å². The summed E-state index contributed by atoms with van der Waals surface area (Å²) in [6.07, 6.45) is 7.38. The first-order valence-electron chi connectivity index (χ1n) is 6.72. The van der Waals surface area contributed by atoms with Crippen molar-refractivity contribution >= 4 is 5.91 Å². The summed E-state index contributed by atoms with van der Waals surface area (Å²) in [5.41, 5.74) is 5.71. The topological polar surface area (TPSA) is 46.3 Å². The fourth-order valence-corrected chi connectivity index (χ4v) is 2.46. The Hall–Kier alpha value is -0.570. The summed E-state index contributed by atoms with van der Waals surface area (Å²) >= 11 is 0. The first-order chi connectivity index (χ1) is 7.64. The first kappa shape index (κ1) is 13.5. The minimum Gasteiger partial charge on any atom is -0.341 e. The summed E-state index contributed by atoms with van der Waals surface area (Å²) < 4.78 is 0. The van der Waals surface area contributed by atoms with E-state index in [9.17, 15) is 4.79 Å². The summed E-state index contributed by atoms with van der Waals surface area (Å²) in [6, 6.07) is 0. The lowest BCUT2D eigenvalue weighted by molar-refractivity contribution is -0.138. The van der Waals surface area contributed by atoms with Gasteiger partial charge in [0.15, 0.2) is 0 Å². The van der Waals surface area contributed by atoms with E-state index in [0.29, 0.717) is 0 Å². The first-order valence-corrected chi connectivity index (χ1v) is 6.72. The average molecular weight is 226 g/mol. The van der Waals surface area contributed by atoms with Gasteiger partial charge in [0.25, 0.3) is 0 Å². The Kier molecular flexibility index (Phi) is 5.26. The fourth-order valence-electron chi connectivity index (χ4n) is 2.46. The number of likely N-dealkylation sites (N-methyl/N-ethyl adjacent to an activating group) is 1. The predicted octanol–water partition coefficient (Wildman–Crippen LogP) is 2.30. The van der Waals surface area contributed by atoms with Gasteiger partial charge in [0.2, 0.25) is 5.91 Å². The maximum absolute atomic E-state index is 12.4. The quantitative estimate of drug-likeness (QED) is 0.782. The van der Waals surface area contributed by atoms with Crippen LogP contribution in [-0.4, -0.2) is 29.4 Å². The van der Waals surface area contributed by atoms with Gasteiger partial charge in [-0.2, -0.15) is 0 Å². The van der Waals surface area contributed by atoms with Gasteiger partial charge in [-0.15, -0.1) is 0 Å². The average Bonchev–Trinajstić information content (AvgIpc) is 2.31. The van der Waals surface area contributed by atoms with Crippen LogP contribution in [0, 0.1) is 0 Å². The van der Waals surface area contributed by atoms with E-state index < -0.39 is 5.54 Å². The number of carbonyl (C=O) groups excluding carboxylic acids is 1. The Bertz CT molecular complexity index is 222. The molecule has 0 heterocycles. The van der Waals surface area contributed by atoms with Crippen molar-refractivity contribution in [3.05, 3.63) is 0 Å². The van der Waals surface area contributed by atoms with E-state index in [0.717, 1.165) is 51.6 Å². The second-order valence-corrected chi connectivity index (χ2v) is 4.96. The molecule has 0 spiro atoms. The van der Waals surface area contributed by atoms with Crippen LogP contribution in [0.2, 0.25) is 0 Å². The van der Waals surface area contributed by atoms with Crippen LogP contribution in [0.3, 0.4) is 0 Å². The number of nitrogens with two attached hydrogens (primary N) is 1. The maximum atomic E-state index is 12.4. The molecule has 1 saturated carbocycles. The molecule has 0 aromatic carbocycles. The van der Waals surface area contributed by atoms with E-state index in [4.69, 9.17) is 5.73 Å². The molecule has 0 atom stereocenters. The van der Waals surface area contributed by atoms with Crippen LogP contribution in [0.15, 0.2) is 0 Å². The SMILES string of the molecule is CCCCN(CC)C(=O)C1(N)CCCCC1. The second kappa shape index (κ2) is 6.24. The van der Waals surface area contributed by atoms with Crippen molar-refractivity contribution in [3.63, 3.8) is 0 Å². The molecule has 94 valence electrons. The number of unbranched alkanes of at least 4 members (excludes halogenated alkanes) is 1. The van der Waals surface area contributed by atoms with Crippen LogP contribution >= 0.6 is 0 Å². The van der Waals surface area contributed by atoms with E-state index >= 15 is 0 Å². The van der Waals surface area contributed by atoms with Crippen molar-refractivity contribution in [2.45, 2.75) is 64.3 Å². The normalized spacial score (nSPS) is 19.4. The highest BCUT2D eigenvalue weighted by Gasteiger charge is 2.37. The van der Waals surface area contributed by atoms with Gasteiger partial charge in [-0.25, -0.2) is 0 Å². The number of hydrogen-bond donors (Lipinski definition) is 1. The highest BCUT2D eigenvalue weighted by molar-refractivity contribution is 5.86. The van der Waals surface area contributed by atoms with Gasteiger partial charge in [0.1, 0.15) is 0 Å². The van der Waals surface area contributed by atoms with Crippen molar-refractivity contribution in [1.82, 2.24) is 4.90 Å². The Balaban J connectivity index is 2.58. The van der Waals surface area contributed by atoms with Crippen LogP contribution in [-0.2, 0) is 4.79 Å². The molecule has 1 fully saturated rings. The monoisotopic (exact) mass is 226 g/mol. The molecule has 3 nitrogen and oxygen atoms in total. The predicted molar refractivity (Wildman–Crippen MR) is 67.2 cm³/mol. The molecular formula is C13H26N2O. The van der Waals surface area contributed by atoms with Crippen LogP contribution < -0.4 is 5.73 Å². The van der Waals surface area contributed by atoms with E-state index in [1.807, 2.05) is 11.8 Å². The largest absolute Gasteiger partial charge is 0.341 e. The Labute approximate surface area is 99.4 Å².